The topological polar surface area (TPSA) is 35.2 Å². The van der Waals surface area contributed by atoms with Crippen LogP contribution in [0.4, 0.5) is 0 Å². The molecular formula is C11H19NO. The van der Waals surface area contributed by atoms with Gasteiger partial charge in [-0.2, -0.15) is 0 Å². The van der Waals surface area contributed by atoms with Crippen molar-refractivity contribution < 1.29 is 4.74 Å². The number of hydrogen-bond acceptors (Lipinski definition) is 2. The largest absolute Gasteiger partial charge is 0.381 e. The van der Waals surface area contributed by atoms with E-state index in [9.17, 15) is 0 Å². The van der Waals surface area contributed by atoms with Crippen LogP contribution in [0.1, 0.15) is 32.6 Å². The second-order valence-electron chi connectivity index (χ2n) is 3.69. The summed E-state index contributed by atoms with van der Waals surface area (Å²) in [7, 11) is 0. The maximum absolute atomic E-state index is 5.97. The summed E-state index contributed by atoms with van der Waals surface area (Å²) in [6, 6.07) is 0.313. The first kappa shape index (κ1) is 10.6. The van der Waals surface area contributed by atoms with Crippen molar-refractivity contribution >= 4 is 0 Å². The van der Waals surface area contributed by atoms with Crippen LogP contribution in [0.3, 0.4) is 0 Å². The van der Waals surface area contributed by atoms with Crippen LogP contribution in [0, 0.1) is 17.8 Å². The van der Waals surface area contributed by atoms with Crippen LogP contribution in [0.25, 0.3) is 0 Å². The van der Waals surface area contributed by atoms with Gasteiger partial charge in [0.1, 0.15) is 0 Å². The molecule has 74 valence electrons. The smallest absolute Gasteiger partial charge is 0.0495 e. The van der Waals surface area contributed by atoms with Gasteiger partial charge in [0.2, 0.25) is 0 Å². The van der Waals surface area contributed by atoms with Crippen molar-refractivity contribution in [2.24, 2.45) is 11.7 Å². The Bertz CT molecular complexity index is 186. The minimum Gasteiger partial charge on any atom is -0.381 e. The monoisotopic (exact) mass is 181 g/mol. The molecule has 2 heteroatoms. The summed E-state index contributed by atoms with van der Waals surface area (Å²) in [6.45, 7) is 3.70. The Morgan fingerprint density at radius 3 is 3.08 bits per heavy atom. The van der Waals surface area contributed by atoms with Crippen molar-refractivity contribution in [1.29, 1.82) is 0 Å². The van der Waals surface area contributed by atoms with Crippen molar-refractivity contribution in [2.75, 3.05) is 13.2 Å². The van der Waals surface area contributed by atoms with E-state index in [1.165, 1.54) is 6.42 Å². The molecule has 2 atom stereocenters. The molecule has 0 amide bonds. The number of nitrogens with two attached hydrogens (primary N) is 1. The van der Waals surface area contributed by atoms with Gasteiger partial charge in [-0.3, -0.25) is 0 Å². The molecule has 0 aromatic carbocycles. The second-order valence-corrected chi connectivity index (χ2v) is 3.69. The third-order valence-electron chi connectivity index (χ3n) is 2.48. The van der Waals surface area contributed by atoms with E-state index in [4.69, 9.17) is 10.5 Å². The lowest BCUT2D eigenvalue weighted by molar-refractivity contribution is 0.182. The molecule has 2 nitrogen and oxygen atoms in total. The number of ether oxygens (including phenoxy) is 1. The van der Waals surface area contributed by atoms with Crippen LogP contribution in [-0.4, -0.2) is 19.3 Å². The van der Waals surface area contributed by atoms with Gasteiger partial charge in [-0.15, -0.1) is 11.8 Å². The summed E-state index contributed by atoms with van der Waals surface area (Å²) in [5.41, 5.74) is 5.97. The van der Waals surface area contributed by atoms with E-state index in [2.05, 4.69) is 11.8 Å². The highest BCUT2D eigenvalue weighted by Crippen LogP contribution is 2.18. The van der Waals surface area contributed by atoms with E-state index in [1.54, 1.807) is 0 Å². The van der Waals surface area contributed by atoms with E-state index in [1.807, 2.05) is 6.92 Å². The maximum Gasteiger partial charge on any atom is 0.0495 e. The molecule has 0 spiro atoms. The molecule has 0 radical (unpaired) electrons. The summed E-state index contributed by atoms with van der Waals surface area (Å²) >= 11 is 0. The molecule has 0 bridgehead atoms. The molecule has 2 unspecified atom stereocenters. The van der Waals surface area contributed by atoms with Crippen molar-refractivity contribution in [3.8, 4) is 11.8 Å². The average molecular weight is 181 g/mol. The van der Waals surface area contributed by atoms with Gasteiger partial charge in [0, 0.05) is 25.7 Å². The van der Waals surface area contributed by atoms with Gasteiger partial charge in [0.15, 0.2) is 0 Å². The Morgan fingerprint density at radius 1 is 1.62 bits per heavy atom. The molecule has 0 aliphatic carbocycles. The van der Waals surface area contributed by atoms with Crippen LogP contribution in [0.15, 0.2) is 0 Å². The van der Waals surface area contributed by atoms with Crippen LogP contribution < -0.4 is 5.73 Å². The molecule has 1 heterocycles. The highest BCUT2D eigenvalue weighted by molar-refractivity contribution is 4.95. The summed E-state index contributed by atoms with van der Waals surface area (Å²) in [6.07, 6.45) is 4.25. The fourth-order valence-electron chi connectivity index (χ4n) is 1.70. The highest BCUT2D eigenvalue weighted by atomic mass is 16.5. The zero-order valence-electron chi connectivity index (χ0n) is 8.38. The summed E-state index contributed by atoms with van der Waals surface area (Å²) in [5.74, 6) is 6.63. The van der Waals surface area contributed by atoms with E-state index in [-0.39, 0.29) is 0 Å². The molecule has 0 saturated carbocycles. The van der Waals surface area contributed by atoms with Gasteiger partial charge >= 0.3 is 0 Å². The van der Waals surface area contributed by atoms with Gasteiger partial charge < -0.3 is 10.5 Å². The Labute approximate surface area is 80.8 Å². The highest BCUT2D eigenvalue weighted by Gasteiger charge is 2.18. The van der Waals surface area contributed by atoms with Crippen LogP contribution in [-0.2, 0) is 4.74 Å². The average Bonchev–Trinajstić information content (AvgIpc) is 2.57. The fourth-order valence-corrected chi connectivity index (χ4v) is 1.70. The normalized spacial score (nSPS) is 23.7. The third-order valence-corrected chi connectivity index (χ3v) is 2.48. The number of hydrogen-bond donors (Lipinski definition) is 1. The molecule has 13 heavy (non-hydrogen) atoms. The zero-order valence-corrected chi connectivity index (χ0v) is 8.38. The van der Waals surface area contributed by atoms with E-state index in [0.29, 0.717) is 12.0 Å². The molecule has 1 saturated heterocycles. The first-order chi connectivity index (χ1) is 6.33. The molecule has 1 aliphatic heterocycles. The zero-order chi connectivity index (χ0) is 9.52. The van der Waals surface area contributed by atoms with E-state index in [0.717, 1.165) is 32.5 Å². The van der Waals surface area contributed by atoms with Crippen molar-refractivity contribution in [2.45, 2.75) is 38.6 Å². The van der Waals surface area contributed by atoms with Crippen molar-refractivity contribution in [1.82, 2.24) is 0 Å². The molecule has 0 aromatic rings. The number of rotatable bonds is 4. The SMILES string of the molecule is CC#CCCC(N)CC1CCOC1. The molecule has 0 aromatic heterocycles. The van der Waals surface area contributed by atoms with Gasteiger partial charge in [0.25, 0.3) is 0 Å². The Morgan fingerprint density at radius 2 is 2.46 bits per heavy atom. The first-order valence-corrected chi connectivity index (χ1v) is 5.06. The van der Waals surface area contributed by atoms with Crippen LogP contribution in [0.5, 0.6) is 0 Å². The first-order valence-electron chi connectivity index (χ1n) is 5.06. The summed E-state index contributed by atoms with van der Waals surface area (Å²) in [4.78, 5) is 0. The third kappa shape index (κ3) is 4.31. The standard InChI is InChI=1S/C11H19NO/c1-2-3-4-5-11(12)8-10-6-7-13-9-10/h10-11H,4-9,12H2,1H3. The molecule has 1 rings (SSSR count). The maximum atomic E-state index is 5.97. The summed E-state index contributed by atoms with van der Waals surface area (Å²) < 4.78 is 5.30. The van der Waals surface area contributed by atoms with Crippen molar-refractivity contribution in [3.05, 3.63) is 0 Å². The van der Waals surface area contributed by atoms with E-state index >= 15 is 0 Å². The van der Waals surface area contributed by atoms with Gasteiger partial charge in [0.05, 0.1) is 0 Å². The quantitative estimate of drug-likeness (QED) is 0.668. The molecular weight excluding hydrogens is 162 g/mol. The predicted octanol–water partition coefficient (Wildman–Crippen LogP) is 1.54. The lowest BCUT2D eigenvalue weighted by atomic mass is 9.97. The molecule has 1 fully saturated rings. The summed E-state index contributed by atoms with van der Waals surface area (Å²) in [5, 5.41) is 0. The minimum absolute atomic E-state index is 0.313. The van der Waals surface area contributed by atoms with Crippen LogP contribution >= 0.6 is 0 Å². The van der Waals surface area contributed by atoms with E-state index < -0.39 is 0 Å². The Balaban J connectivity index is 2.07. The van der Waals surface area contributed by atoms with Crippen LogP contribution in [0.2, 0.25) is 0 Å². The van der Waals surface area contributed by atoms with Gasteiger partial charge in [-0.25, -0.2) is 0 Å². The molecule has 1 aliphatic rings. The molecule has 2 N–H and O–H groups in total. The Kier molecular flexibility index (Phi) is 4.88. The fraction of sp³-hybridized carbons (Fsp3) is 0.818. The van der Waals surface area contributed by atoms with Gasteiger partial charge in [-0.1, -0.05) is 0 Å². The minimum atomic E-state index is 0.313. The lowest BCUT2D eigenvalue weighted by Crippen LogP contribution is -2.23. The van der Waals surface area contributed by atoms with Crippen molar-refractivity contribution in [3.63, 3.8) is 0 Å². The predicted molar refractivity (Wildman–Crippen MR) is 54.2 cm³/mol. The lowest BCUT2D eigenvalue weighted by Gasteiger charge is -2.13. The Hall–Kier alpha value is -0.520. The second kappa shape index (κ2) is 6.01. The van der Waals surface area contributed by atoms with Gasteiger partial charge in [-0.05, 0) is 32.1 Å².